The Hall–Kier alpha value is -3.16. The van der Waals surface area contributed by atoms with E-state index in [1.165, 1.54) is 5.56 Å². The number of anilines is 1. The highest BCUT2D eigenvalue weighted by atomic mass is 16.5. The van der Waals surface area contributed by atoms with Crippen LogP contribution in [-0.2, 0) is 22.5 Å². The molecule has 2 N–H and O–H groups in total. The Bertz CT molecular complexity index is 1140. The second-order valence-corrected chi connectivity index (χ2v) is 8.67. The summed E-state index contributed by atoms with van der Waals surface area (Å²) in [4.78, 5) is 16.0. The number of aryl methyl sites for hydroxylation is 1. The zero-order valence-corrected chi connectivity index (χ0v) is 18.8. The number of carbonyl (C=O) groups is 1. The minimum absolute atomic E-state index is 0.0801. The number of hydrogen-bond donors (Lipinski definition) is 2. The number of pyridine rings is 1. The minimum atomic E-state index is -0.113. The number of hydrogen-bond acceptors (Lipinski definition) is 6. The van der Waals surface area contributed by atoms with E-state index < -0.39 is 0 Å². The second kappa shape index (κ2) is 9.77. The van der Waals surface area contributed by atoms with Gasteiger partial charge in [-0.2, -0.15) is 0 Å². The van der Waals surface area contributed by atoms with Gasteiger partial charge in [0.25, 0.3) is 5.91 Å². The zero-order valence-electron chi connectivity index (χ0n) is 18.8. The summed E-state index contributed by atoms with van der Waals surface area (Å²) in [5.74, 6) is 1.47. The highest BCUT2D eigenvalue weighted by Gasteiger charge is 2.22. The van der Waals surface area contributed by atoms with Crippen molar-refractivity contribution in [3.63, 3.8) is 0 Å². The van der Waals surface area contributed by atoms with E-state index in [-0.39, 0.29) is 18.6 Å². The molecule has 2 aliphatic heterocycles. The van der Waals surface area contributed by atoms with Crippen molar-refractivity contribution in [1.82, 2.24) is 10.3 Å². The first-order valence-corrected chi connectivity index (χ1v) is 11.5. The fourth-order valence-electron chi connectivity index (χ4n) is 4.54. The van der Waals surface area contributed by atoms with E-state index in [4.69, 9.17) is 14.2 Å². The average molecular weight is 448 g/mol. The molecule has 2 aromatic carbocycles. The fraction of sp³-hybridized carbons (Fsp3) is 0.385. The predicted octanol–water partition coefficient (Wildman–Crippen LogP) is 3.84. The Morgan fingerprint density at radius 3 is 2.97 bits per heavy atom. The van der Waals surface area contributed by atoms with Gasteiger partial charge >= 0.3 is 0 Å². The molecule has 0 bridgehead atoms. The molecule has 1 fully saturated rings. The van der Waals surface area contributed by atoms with Crippen molar-refractivity contribution in [2.75, 3.05) is 25.6 Å². The molecule has 0 saturated carbocycles. The van der Waals surface area contributed by atoms with Crippen LogP contribution in [0.2, 0.25) is 0 Å². The van der Waals surface area contributed by atoms with Crippen LogP contribution in [0.1, 0.15) is 30.4 Å². The van der Waals surface area contributed by atoms with Crippen molar-refractivity contribution in [3.05, 3.63) is 59.8 Å². The number of rotatable bonds is 7. The lowest BCUT2D eigenvalue weighted by molar-refractivity contribution is -0.118. The number of methoxy groups -OCH3 is 1. The van der Waals surface area contributed by atoms with Crippen LogP contribution in [0.3, 0.4) is 0 Å². The van der Waals surface area contributed by atoms with Gasteiger partial charge in [0.05, 0.1) is 31.0 Å². The van der Waals surface area contributed by atoms with Gasteiger partial charge in [0.15, 0.2) is 6.61 Å². The molecule has 7 nitrogen and oxygen atoms in total. The summed E-state index contributed by atoms with van der Waals surface area (Å²) in [6.07, 6.45) is 6.22. The van der Waals surface area contributed by atoms with Crippen molar-refractivity contribution in [1.29, 1.82) is 0 Å². The van der Waals surface area contributed by atoms with Gasteiger partial charge < -0.3 is 24.8 Å². The second-order valence-electron chi connectivity index (χ2n) is 8.67. The number of nitrogens with one attached hydrogen (secondary N) is 2. The third-order valence-electron chi connectivity index (χ3n) is 6.42. The highest BCUT2D eigenvalue weighted by molar-refractivity contribution is 5.95. The van der Waals surface area contributed by atoms with E-state index in [1.807, 2.05) is 36.5 Å². The lowest BCUT2D eigenvalue weighted by Gasteiger charge is -2.30. The van der Waals surface area contributed by atoms with Gasteiger partial charge in [-0.05, 0) is 73.2 Å². The molecule has 1 amide bonds. The van der Waals surface area contributed by atoms with E-state index in [1.54, 1.807) is 7.11 Å². The Morgan fingerprint density at radius 1 is 1.18 bits per heavy atom. The van der Waals surface area contributed by atoms with Gasteiger partial charge in [-0.3, -0.25) is 9.78 Å². The Labute approximate surface area is 193 Å². The number of ether oxygens (including phenoxy) is 3. The van der Waals surface area contributed by atoms with Crippen molar-refractivity contribution >= 4 is 22.5 Å². The molecule has 5 rings (SSSR count). The van der Waals surface area contributed by atoms with Crippen LogP contribution in [0.4, 0.5) is 5.69 Å². The molecule has 3 heterocycles. The predicted molar refractivity (Wildman–Crippen MR) is 127 cm³/mol. The van der Waals surface area contributed by atoms with Crippen LogP contribution in [0.5, 0.6) is 11.5 Å². The maximum Gasteiger partial charge on any atom is 0.262 e. The van der Waals surface area contributed by atoms with Crippen molar-refractivity contribution in [2.45, 2.75) is 44.4 Å². The van der Waals surface area contributed by atoms with Gasteiger partial charge in [-0.15, -0.1) is 0 Å². The highest BCUT2D eigenvalue weighted by Crippen LogP contribution is 2.29. The largest absolute Gasteiger partial charge is 0.497 e. The van der Waals surface area contributed by atoms with E-state index in [0.717, 1.165) is 65.9 Å². The zero-order chi connectivity index (χ0) is 22.6. The lowest BCUT2D eigenvalue weighted by Crippen LogP contribution is -2.39. The monoisotopic (exact) mass is 447 g/mol. The molecule has 2 atom stereocenters. The van der Waals surface area contributed by atoms with Gasteiger partial charge in [0.2, 0.25) is 0 Å². The van der Waals surface area contributed by atoms with Crippen molar-refractivity contribution in [2.24, 2.45) is 0 Å². The minimum Gasteiger partial charge on any atom is -0.497 e. The molecule has 0 radical (unpaired) electrons. The first kappa shape index (κ1) is 21.7. The first-order valence-electron chi connectivity index (χ1n) is 11.5. The van der Waals surface area contributed by atoms with Crippen LogP contribution in [-0.4, -0.2) is 43.4 Å². The van der Waals surface area contributed by atoms with Gasteiger partial charge in [-0.1, -0.05) is 6.07 Å². The van der Waals surface area contributed by atoms with Crippen LogP contribution in [0.25, 0.3) is 10.9 Å². The summed E-state index contributed by atoms with van der Waals surface area (Å²) in [5, 5.41) is 7.60. The van der Waals surface area contributed by atoms with E-state index in [2.05, 4.69) is 27.8 Å². The maximum absolute atomic E-state index is 11.5. The summed E-state index contributed by atoms with van der Waals surface area (Å²) in [6, 6.07) is 14.4. The Morgan fingerprint density at radius 2 is 2.12 bits per heavy atom. The summed E-state index contributed by atoms with van der Waals surface area (Å²) in [6.45, 7) is 1.52. The number of aromatic nitrogens is 1. The van der Waals surface area contributed by atoms with Crippen molar-refractivity contribution in [3.8, 4) is 11.5 Å². The fourth-order valence-corrected chi connectivity index (χ4v) is 4.54. The molecule has 2 aliphatic rings. The van der Waals surface area contributed by atoms with Gasteiger partial charge in [-0.25, -0.2) is 0 Å². The summed E-state index contributed by atoms with van der Waals surface area (Å²) < 4.78 is 17.0. The number of benzene rings is 2. The average Bonchev–Trinajstić information content (AvgIpc) is 2.86. The van der Waals surface area contributed by atoms with Crippen LogP contribution >= 0.6 is 0 Å². The third-order valence-corrected chi connectivity index (χ3v) is 6.42. The van der Waals surface area contributed by atoms with E-state index in [0.29, 0.717) is 12.6 Å². The van der Waals surface area contributed by atoms with E-state index in [9.17, 15) is 4.79 Å². The number of nitrogens with zero attached hydrogens (tertiary/aromatic N) is 1. The van der Waals surface area contributed by atoms with Crippen LogP contribution in [0, 0.1) is 0 Å². The first-order chi connectivity index (χ1) is 16.2. The quantitative estimate of drug-likeness (QED) is 0.573. The molecule has 172 valence electrons. The summed E-state index contributed by atoms with van der Waals surface area (Å²) in [5.41, 5.74) is 4.13. The van der Waals surface area contributed by atoms with Crippen molar-refractivity contribution < 1.29 is 19.0 Å². The number of amides is 1. The van der Waals surface area contributed by atoms with Crippen LogP contribution < -0.4 is 20.1 Å². The lowest BCUT2D eigenvalue weighted by atomic mass is 9.97. The molecule has 1 aromatic heterocycles. The summed E-state index contributed by atoms with van der Waals surface area (Å²) in [7, 11) is 1.69. The standard InChI is InChI=1S/C26H29N3O4/c1-31-21-7-8-23-22(13-21)18(10-11-27-23)3-5-20-6-4-19(15-32-20)28-14-17-2-9-25-24(12-17)29-26(30)16-33-25/h2,7-13,19-20,28H,3-6,14-16H2,1H3,(H,29,30)/t19-,20+/m1/s1. The Kier molecular flexibility index (Phi) is 6.41. The Balaban J connectivity index is 1.11. The molecule has 0 spiro atoms. The summed E-state index contributed by atoms with van der Waals surface area (Å²) >= 11 is 0. The maximum atomic E-state index is 11.5. The van der Waals surface area contributed by atoms with Crippen LogP contribution in [0.15, 0.2) is 48.7 Å². The molecule has 3 aromatic rings. The third kappa shape index (κ3) is 5.10. The molecule has 7 heteroatoms. The smallest absolute Gasteiger partial charge is 0.262 e. The van der Waals surface area contributed by atoms with Gasteiger partial charge in [0.1, 0.15) is 11.5 Å². The number of carbonyl (C=O) groups excluding carboxylic acids is 1. The number of fused-ring (bicyclic) bond motifs is 2. The van der Waals surface area contributed by atoms with E-state index >= 15 is 0 Å². The topological polar surface area (TPSA) is 81.7 Å². The molecular formula is C26H29N3O4. The van der Waals surface area contributed by atoms with Gasteiger partial charge in [0, 0.05) is 24.2 Å². The molecule has 0 unspecified atom stereocenters. The SMILES string of the molecule is COc1ccc2nccc(CC[C@H]3CC[C@@H](NCc4ccc5c(c4)NC(=O)CO5)CO3)c2c1. The molecule has 0 aliphatic carbocycles. The molecular weight excluding hydrogens is 418 g/mol. The molecule has 1 saturated heterocycles. The normalized spacial score (nSPS) is 20.1. The molecule has 33 heavy (non-hydrogen) atoms.